The van der Waals surface area contributed by atoms with Gasteiger partial charge in [-0.2, -0.15) is 13.2 Å². The summed E-state index contributed by atoms with van der Waals surface area (Å²) in [6.07, 6.45) is 3.88. The molecule has 0 atom stereocenters. The highest BCUT2D eigenvalue weighted by Crippen LogP contribution is 2.28. The van der Waals surface area contributed by atoms with E-state index in [9.17, 15) is 18.0 Å². The molecule has 2 aliphatic rings. The minimum Gasteiger partial charge on any atom is -0.446 e. The predicted molar refractivity (Wildman–Crippen MR) is 126 cm³/mol. The summed E-state index contributed by atoms with van der Waals surface area (Å²) in [5.74, 6) is 1.83. The number of rotatable bonds is 8. The lowest BCUT2D eigenvalue weighted by atomic mass is 9.84. The maximum absolute atomic E-state index is 12.5. The van der Waals surface area contributed by atoms with Crippen molar-refractivity contribution in [1.82, 2.24) is 20.2 Å². The van der Waals surface area contributed by atoms with Gasteiger partial charge in [-0.15, -0.1) is 0 Å². The maximum Gasteiger partial charge on any atom is 0.389 e. The second-order valence-corrected chi connectivity index (χ2v) is 9.96. The molecule has 1 aliphatic heterocycles. The fourth-order valence-electron chi connectivity index (χ4n) is 5.19. The Morgan fingerprint density at radius 1 is 1.17 bits per heavy atom. The third-order valence-corrected chi connectivity index (χ3v) is 7.22. The van der Waals surface area contributed by atoms with E-state index in [-0.39, 0.29) is 24.8 Å². The molecule has 0 bridgehead atoms. The number of hydrogen-bond donors (Lipinski definition) is 1. The average Bonchev–Trinajstić information content (AvgIpc) is 3.10. The molecule has 1 N–H and O–H groups in total. The van der Waals surface area contributed by atoms with Crippen LogP contribution in [0.3, 0.4) is 0 Å². The first-order valence-electron chi connectivity index (χ1n) is 12.7. The van der Waals surface area contributed by atoms with Gasteiger partial charge in [-0.05, 0) is 69.0 Å². The number of amides is 1. The van der Waals surface area contributed by atoms with E-state index in [1.165, 1.54) is 5.56 Å². The smallest absolute Gasteiger partial charge is 0.389 e. The fraction of sp³-hybridized carbons (Fsp3) is 0.654. The normalized spacial score (nSPS) is 21.4. The topological polar surface area (TPSA) is 71.3 Å². The molecule has 3 heterocycles. The molecule has 1 fully saturated rings. The zero-order valence-electron chi connectivity index (χ0n) is 20.4. The molecule has 1 saturated carbocycles. The van der Waals surface area contributed by atoms with Gasteiger partial charge in [0, 0.05) is 50.3 Å². The van der Waals surface area contributed by atoms with Crippen LogP contribution in [0.5, 0.6) is 0 Å². The van der Waals surface area contributed by atoms with Crippen molar-refractivity contribution in [2.75, 3.05) is 19.6 Å². The number of pyridine rings is 1. The van der Waals surface area contributed by atoms with E-state index in [2.05, 4.69) is 20.2 Å². The first kappa shape index (κ1) is 25.7. The highest BCUT2D eigenvalue weighted by molar-refractivity contribution is 5.78. The van der Waals surface area contributed by atoms with Crippen molar-refractivity contribution in [3.05, 3.63) is 46.9 Å². The fourth-order valence-corrected chi connectivity index (χ4v) is 5.19. The molecule has 0 aromatic carbocycles. The van der Waals surface area contributed by atoms with E-state index in [0.29, 0.717) is 23.3 Å². The molecule has 192 valence electrons. The molecule has 0 spiro atoms. The molecule has 0 radical (unpaired) electrons. The van der Waals surface area contributed by atoms with Crippen LogP contribution in [0.25, 0.3) is 0 Å². The Balaban J connectivity index is 1.16. The number of oxazole rings is 1. The number of carbonyl (C=O) groups is 1. The Labute approximate surface area is 204 Å². The molecule has 9 heteroatoms. The average molecular weight is 493 g/mol. The molecule has 1 aliphatic carbocycles. The Hall–Kier alpha value is -2.42. The zero-order chi connectivity index (χ0) is 24.8. The number of hydrogen-bond acceptors (Lipinski definition) is 5. The highest BCUT2D eigenvalue weighted by Gasteiger charge is 2.27. The SMILES string of the molecule is Cc1ncc(CC(=O)N[C@H]2CC[C@H](CCN3CCc4ccc(CCC(F)(F)F)nc4CC3)CC2)o1. The van der Waals surface area contributed by atoms with Crippen LogP contribution in [0, 0.1) is 12.8 Å². The summed E-state index contributed by atoms with van der Waals surface area (Å²) in [6.45, 7) is 4.66. The number of alkyl halides is 3. The number of nitrogens with one attached hydrogen (secondary N) is 1. The van der Waals surface area contributed by atoms with Crippen LogP contribution in [-0.4, -0.2) is 52.6 Å². The summed E-state index contributed by atoms with van der Waals surface area (Å²) in [7, 11) is 0. The van der Waals surface area contributed by atoms with Gasteiger partial charge >= 0.3 is 6.18 Å². The minimum atomic E-state index is -4.15. The van der Waals surface area contributed by atoms with Gasteiger partial charge in [0.2, 0.25) is 5.91 Å². The Bertz CT molecular complexity index is 983. The zero-order valence-corrected chi connectivity index (χ0v) is 20.4. The number of halogens is 3. The monoisotopic (exact) mass is 492 g/mol. The first-order chi connectivity index (χ1) is 16.7. The number of fused-ring (bicyclic) bond motifs is 1. The minimum absolute atomic E-state index is 0.0103. The summed E-state index contributed by atoms with van der Waals surface area (Å²) in [5, 5.41) is 3.14. The summed E-state index contributed by atoms with van der Waals surface area (Å²) in [4.78, 5) is 23.3. The van der Waals surface area contributed by atoms with E-state index in [1.807, 2.05) is 6.07 Å². The van der Waals surface area contributed by atoms with Crippen LogP contribution in [-0.2, 0) is 30.5 Å². The predicted octanol–water partition coefficient (Wildman–Crippen LogP) is 4.58. The van der Waals surface area contributed by atoms with E-state index in [4.69, 9.17) is 4.42 Å². The van der Waals surface area contributed by atoms with Crippen LogP contribution in [0.1, 0.15) is 67.1 Å². The molecule has 0 saturated heterocycles. The van der Waals surface area contributed by atoms with Gasteiger partial charge in [-0.25, -0.2) is 4.98 Å². The van der Waals surface area contributed by atoms with Gasteiger partial charge in [0.25, 0.3) is 0 Å². The van der Waals surface area contributed by atoms with E-state index >= 15 is 0 Å². The number of aryl methyl sites for hydroxylation is 2. The molecule has 0 unspecified atom stereocenters. The molecule has 4 rings (SSSR count). The third-order valence-electron chi connectivity index (χ3n) is 7.22. The van der Waals surface area contributed by atoms with Crippen LogP contribution in [0.4, 0.5) is 13.2 Å². The van der Waals surface area contributed by atoms with E-state index in [0.717, 1.165) is 70.3 Å². The van der Waals surface area contributed by atoms with Crippen LogP contribution in [0.15, 0.2) is 22.7 Å². The lowest BCUT2D eigenvalue weighted by Gasteiger charge is -2.30. The highest BCUT2D eigenvalue weighted by atomic mass is 19.4. The summed E-state index contributed by atoms with van der Waals surface area (Å²) >= 11 is 0. The number of aromatic nitrogens is 2. The Morgan fingerprint density at radius 3 is 2.66 bits per heavy atom. The van der Waals surface area contributed by atoms with Gasteiger partial charge in [-0.3, -0.25) is 9.78 Å². The standard InChI is InChI=1S/C26H35F3N4O2/c1-18-30-17-23(35-18)16-25(34)32-21-5-2-19(3-6-21)9-13-33-14-10-20-4-7-22(8-12-26(27,28)29)31-24(20)11-15-33/h4,7,17,19,21H,2-3,5-6,8-16H2,1H3,(H,32,34)/t19-,21-. The van der Waals surface area contributed by atoms with Crippen molar-refractivity contribution in [1.29, 1.82) is 0 Å². The molecule has 2 aromatic rings. The molecule has 2 aromatic heterocycles. The largest absolute Gasteiger partial charge is 0.446 e. The van der Waals surface area contributed by atoms with Crippen molar-refractivity contribution in [3.63, 3.8) is 0 Å². The molecular formula is C26H35F3N4O2. The van der Waals surface area contributed by atoms with Gasteiger partial charge < -0.3 is 14.6 Å². The van der Waals surface area contributed by atoms with Gasteiger partial charge in [0.1, 0.15) is 5.76 Å². The van der Waals surface area contributed by atoms with Gasteiger partial charge in [-0.1, -0.05) is 6.07 Å². The maximum atomic E-state index is 12.5. The summed E-state index contributed by atoms with van der Waals surface area (Å²) in [6, 6.07) is 3.95. The molecule has 35 heavy (non-hydrogen) atoms. The van der Waals surface area contributed by atoms with Crippen molar-refractivity contribution >= 4 is 5.91 Å². The van der Waals surface area contributed by atoms with E-state index in [1.54, 1.807) is 19.2 Å². The molecular weight excluding hydrogens is 457 g/mol. The van der Waals surface area contributed by atoms with Gasteiger partial charge in [0.05, 0.1) is 12.6 Å². The second kappa shape index (κ2) is 11.5. The lowest BCUT2D eigenvalue weighted by molar-refractivity contribution is -0.134. The van der Waals surface area contributed by atoms with Crippen molar-refractivity contribution < 1.29 is 22.4 Å². The van der Waals surface area contributed by atoms with Crippen LogP contribution < -0.4 is 5.32 Å². The number of carbonyl (C=O) groups excluding carboxylic acids is 1. The van der Waals surface area contributed by atoms with Gasteiger partial charge in [0.15, 0.2) is 5.89 Å². The van der Waals surface area contributed by atoms with Crippen molar-refractivity contribution in [2.24, 2.45) is 5.92 Å². The second-order valence-electron chi connectivity index (χ2n) is 9.96. The first-order valence-corrected chi connectivity index (χ1v) is 12.7. The molecule has 1 amide bonds. The van der Waals surface area contributed by atoms with Crippen LogP contribution in [0.2, 0.25) is 0 Å². The molecule has 6 nitrogen and oxygen atoms in total. The summed E-state index contributed by atoms with van der Waals surface area (Å²) in [5.41, 5.74) is 2.67. The Kier molecular flexibility index (Phi) is 8.46. The van der Waals surface area contributed by atoms with Crippen molar-refractivity contribution in [3.8, 4) is 0 Å². The van der Waals surface area contributed by atoms with E-state index < -0.39 is 12.6 Å². The number of nitrogens with zero attached hydrogens (tertiary/aromatic N) is 3. The Morgan fingerprint density at radius 2 is 1.94 bits per heavy atom. The van der Waals surface area contributed by atoms with Crippen LogP contribution >= 0.6 is 0 Å². The summed E-state index contributed by atoms with van der Waals surface area (Å²) < 4.78 is 43.0. The van der Waals surface area contributed by atoms with Crippen molar-refractivity contribution in [2.45, 2.75) is 83.4 Å². The third kappa shape index (κ3) is 8.05. The lowest BCUT2D eigenvalue weighted by Crippen LogP contribution is -2.39. The quantitative estimate of drug-likeness (QED) is 0.584.